The van der Waals surface area contributed by atoms with Crippen LogP contribution in [-0.4, -0.2) is 45.2 Å². The summed E-state index contributed by atoms with van der Waals surface area (Å²) < 4.78 is 11.4. The van der Waals surface area contributed by atoms with Gasteiger partial charge in [-0.05, 0) is 53.9 Å². The van der Waals surface area contributed by atoms with Gasteiger partial charge in [-0.1, -0.05) is 42.5 Å². The Labute approximate surface area is 218 Å². The SMILES string of the molecule is CCNC(=O)COc1cccc(CNC(=NC)NCCCOc2ccc3ccccc3c2)c1.I. The summed E-state index contributed by atoms with van der Waals surface area (Å²) >= 11 is 0. The standard InChI is InChI=1S/C26H32N4O3.HI/c1-3-28-25(31)19-33-23-11-6-8-20(16-23)18-30-26(27-2)29-14-7-15-32-24-13-12-21-9-4-5-10-22(21)17-24;/h4-6,8-13,16-17H,3,7,14-15,18-19H2,1-2H3,(H,28,31)(H2,27,29,30);1H. The zero-order chi connectivity index (χ0) is 23.3. The molecule has 0 saturated heterocycles. The normalized spacial score (nSPS) is 10.8. The van der Waals surface area contributed by atoms with Gasteiger partial charge in [0.05, 0.1) is 6.61 Å². The Morgan fingerprint density at radius 1 is 0.882 bits per heavy atom. The number of carbonyl (C=O) groups is 1. The predicted molar refractivity (Wildman–Crippen MR) is 148 cm³/mol. The predicted octanol–water partition coefficient (Wildman–Crippen LogP) is 4.11. The molecule has 0 unspecified atom stereocenters. The Hall–Kier alpha value is -3.01. The van der Waals surface area contributed by atoms with Crippen LogP contribution in [0.25, 0.3) is 10.8 Å². The Bertz CT molecular complexity index is 1070. The molecule has 0 saturated carbocycles. The third kappa shape index (κ3) is 9.09. The summed E-state index contributed by atoms with van der Waals surface area (Å²) in [5.41, 5.74) is 1.03. The summed E-state index contributed by atoms with van der Waals surface area (Å²) in [5, 5.41) is 11.7. The van der Waals surface area contributed by atoms with Crippen molar-refractivity contribution in [2.45, 2.75) is 19.9 Å². The van der Waals surface area contributed by atoms with Gasteiger partial charge in [-0.15, -0.1) is 24.0 Å². The number of hydrogen-bond acceptors (Lipinski definition) is 4. The Kier molecular flexibility index (Phi) is 12.0. The number of benzene rings is 3. The minimum Gasteiger partial charge on any atom is -0.494 e. The maximum Gasteiger partial charge on any atom is 0.257 e. The molecule has 8 heteroatoms. The molecular weight excluding hydrogens is 543 g/mol. The monoisotopic (exact) mass is 576 g/mol. The molecule has 0 spiro atoms. The quantitative estimate of drug-likeness (QED) is 0.139. The van der Waals surface area contributed by atoms with Gasteiger partial charge in [0, 0.05) is 26.7 Å². The molecule has 3 aromatic rings. The molecule has 3 rings (SSSR count). The van der Waals surface area contributed by atoms with E-state index in [1.54, 1.807) is 7.05 Å². The second-order valence-electron chi connectivity index (χ2n) is 7.45. The molecule has 0 bridgehead atoms. The first kappa shape index (κ1) is 27.2. The maximum atomic E-state index is 11.6. The van der Waals surface area contributed by atoms with E-state index in [4.69, 9.17) is 9.47 Å². The number of hydrogen-bond donors (Lipinski definition) is 3. The van der Waals surface area contributed by atoms with Crippen molar-refractivity contribution in [1.82, 2.24) is 16.0 Å². The molecule has 182 valence electrons. The van der Waals surface area contributed by atoms with Crippen molar-refractivity contribution in [3.05, 3.63) is 72.3 Å². The minimum absolute atomic E-state index is 0. The van der Waals surface area contributed by atoms with Crippen molar-refractivity contribution in [3.63, 3.8) is 0 Å². The fraction of sp³-hybridized carbons (Fsp3) is 0.308. The van der Waals surface area contributed by atoms with Crippen molar-refractivity contribution < 1.29 is 14.3 Å². The van der Waals surface area contributed by atoms with Crippen molar-refractivity contribution in [2.75, 3.05) is 33.4 Å². The highest BCUT2D eigenvalue weighted by Gasteiger charge is 2.04. The van der Waals surface area contributed by atoms with Crippen LogP contribution >= 0.6 is 24.0 Å². The van der Waals surface area contributed by atoms with Crippen molar-refractivity contribution >= 4 is 46.6 Å². The number of carbonyl (C=O) groups excluding carboxylic acids is 1. The third-order valence-electron chi connectivity index (χ3n) is 4.93. The number of nitrogens with zero attached hydrogens (tertiary/aromatic N) is 1. The lowest BCUT2D eigenvalue weighted by Gasteiger charge is -2.13. The maximum absolute atomic E-state index is 11.6. The number of rotatable bonds is 11. The lowest BCUT2D eigenvalue weighted by Crippen LogP contribution is -2.37. The van der Waals surface area contributed by atoms with Crippen molar-refractivity contribution in [3.8, 4) is 11.5 Å². The van der Waals surface area contributed by atoms with Gasteiger partial charge in [0.25, 0.3) is 5.91 Å². The number of guanidine groups is 1. The molecule has 0 aromatic heterocycles. The second-order valence-corrected chi connectivity index (χ2v) is 7.45. The summed E-state index contributed by atoms with van der Waals surface area (Å²) in [5.74, 6) is 2.13. The van der Waals surface area contributed by atoms with E-state index >= 15 is 0 Å². The van der Waals surface area contributed by atoms with Gasteiger partial charge in [0.15, 0.2) is 12.6 Å². The second kappa shape index (κ2) is 15.0. The molecule has 0 aliphatic carbocycles. The summed E-state index contributed by atoms with van der Waals surface area (Å²) in [6.45, 7) is 4.42. The van der Waals surface area contributed by atoms with Crippen LogP contribution < -0.4 is 25.4 Å². The fourth-order valence-corrected chi connectivity index (χ4v) is 3.27. The van der Waals surface area contributed by atoms with Gasteiger partial charge in [-0.25, -0.2) is 0 Å². The first-order valence-corrected chi connectivity index (χ1v) is 11.2. The van der Waals surface area contributed by atoms with E-state index < -0.39 is 0 Å². The molecule has 0 atom stereocenters. The smallest absolute Gasteiger partial charge is 0.257 e. The zero-order valence-corrected chi connectivity index (χ0v) is 22.0. The average Bonchev–Trinajstić information content (AvgIpc) is 2.85. The molecule has 3 aromatic carbocycles. The van der Waals surface area contributed by atoms with Gasteiger partial charge in [0.1, 0.15) is 11.5 Å². The Morgan fingerprint density at radius 2 is 1.68 bits per heavy atom. The molecule has 34 heavy (non-hydrogen) atoms. The van der Waals surface area contributed by atoms with Crippen LogP contribution in [0, 0.1) is 0 Å². The highest BCUT2D eigenvalue weighted by molar-refractivity contribution is 14.0. The lowest BCUT2D eigenvalue weighted by atomic mass is 10.1. The van der Waals surface area contributed by atoms with Gasteiger partial charge in [-0.2, -0.15) is 0 Å². The van der Waals surface area contributed by atoms with E-state index in [9.17, 15) is 4.79 Å². The van der Waals surface area contributed by atoms with Crippen molar-refractivity contribution in [2.24, 2.45) is 4.99 Å². The number of fused-ring (bicyclic) bond motifs is 1. The fourth-order valence-electron chi connectivity index (χ4n) is 3.27. The molecular formula is C26H33IN4O3. The van der Waals surface area contributed by atoms with E-state index in [2.05, 4.69) is 45.2 Å². The summed E-state index contributed by atoms with van der Waals surface area (Å²) in [7, 11) is 1.74. The topological polar surface area (TPSA) is 84.0 Å². The number of likely N-dealkylation sites (N-methyl/N-ethyl adjacent to an activating group) is 1. The molecule has 1 amide bonds. The molecule has 0 fully saturated rings. The highest BCUT2D eigenvalue weighted by atomic mass is 127. The lowest BCUT2D eigenvalue weighted by molar-refractivity contribution is -0.122. The van der Waals surface area contributed by atoms with Crippen LogP contribution in [-0.2, 0) is 11.3 Å². The summed E-state index contributed by atoms with van der Waals surface area (Å²) in [6.07, 6.45) is 0.844. The third-order valence-corrected chi connectivity index (χ3v) is 4.93. The first-order chi connectivity index (χ1) is 16.2. The first-order valence-electron chi connectivity index (χ1n) is 11.2. The number of halogens is 1. The van der Waals surface area contributed by atoms with Crippen LogP contribution in [0.3, 0.4) is 0 Å². The van der Waals surface area contributed by atoms with Crippen LogP contribution in [0.1, 0.15) is 18.9 Å². The van der Waals surface area contributed by atoms with E-state index in [0.29, 0.717) is 31.4 Å². The zero-order valence-electron chi connectivity index (χ0n) is 19.7. The van der Waals surface area contributed by atoms with Gasteiger partial charge in [0.2, 0.25) is 0 Å². The molecule has 0 radical (unpaired) electrons. The summed E-state index contributed by atoms with van der Waals surface area (Å²) in [4.78, 5) is 15.8. The number of aliphatic imine (C=N–C) groups is 1. The van der Waals surface area contributed by atoms with Gasteiger partial charge in [-0.3, -0.25) is 9.79 Å². The number of ether oxygens (including phenoxy) is 2. The van der Waals surface area contributed by atoms with Crippen LogP contribution in [0.4, 0.5) is 0 Å². The average molecular weight is 576 g/mol. The molecule has 0 aliphatic heterocycles. The summed E-state index contributed by atoms with van der Waals surface area (Å²) in [6, 6.07) is 22.1. The molecule has 0 aliphatic rings. The van der Waals surface area contributed by atoms with E-state index in [0.717, 1.165) is 24.3 Å². The minimum atomic E-state index is -0.129. The van der Waals surface area contributed by atoms with Crippen LogP contribution in [0.5, 0.6) is 11.5 Å². The van der Waals surface area contributed by atoms with E-state index in [1.807, 2.05) is 49.4 Å². The molecule has 3 N–H and O–H groups in total. The van der Waals surface area contributed by atoms with Crippen LogP contribution in [0.15, 0.2) is 71.7 Å². The highest BCUT2D eigenvalue weighted by Crippen LogP contribution is 2.20. The van der Waals surface area contributed by atoms with Crippen LogP contribution in [0.2, 0.25) is 0 Å². The van der Waals surface area contributed by atoms with Crippen molar-refractivity contribution in [1.29, 1.82) is 0 Å². The van der Waals surface area contributed by atoms with E-state index in [1.165, 1.54) is 10.8 Å². The van der Waals surface area contributed by atoms with Gasteiger partial charge < -0.3 is 25.4 Å². The number of nitrogens with one attached hydrogen (secondary N) is 3. The molecule has 0 heterocycles. The Balaban J connectivity index is 0.00000408. The Morgan fingerprint density at radius 3 is 2.47 bits per heavy atom. The molecule has 7 nitrogen and oxygen atoms in total. The largest absolute Gasteiger partial charge is 0.494 e. The number of amides is 1. The van der Waals surface area contributed by atoms with E-state index in [-0.39, 0.29) is 36.5 Å². The van der Waals surface area contributed by atoms with Gasteiger partial charge >= 0.3 is 0 Å².